The highest BCUT2D eigenvalue weighted by molar-refractivity contribution is 9.10. The second-order valence-electron chi connectivity index (χ2n) is 2.40. The number of furan rings is 1. The number of benzene rings is 1. The molecule has 1 heterocycles. The first-order valence-electron chi connectivity index (χ1n) is 3.38. The van der Waals surface area contributed by atoms with Crippen molar-refractivity contribution in [3.8, 4) is 6.07 Å². The highest BCUT2D eigenvalue weighted by Gasteiger charge is 2.04. The minimum absolute atomic E-state index is 0.560. The van der Waals surface area contributed by atoms with Crippen LogP contribution in [0, 0.1) is 11.3 Å². The van der Waals surface area contributed by atoms with Crippen LogP contribution < -0.4 is 0 Å². The molecule has 0 saturated heterocycles. The van der Waals surface area contributed by atoms with Gasteiger partial charge in [-0.25, -0.2) is 0 Å². The molecule has 2 nitrogen and oxygen atoms in total. The maximum atomic E-state index is 8.75. The first-order chi connectivity index (χ1) is 5.81. The number of rotatable bonds is 0. The first kappa shape index (κ1) is 7.38. The summed E-state index contributed by atoms with van der Waals surface area (Å²) >= 11 is 3.32. The van der Waals surface area contributed by atoms with Crippen molar-refractivity contribution in [2.75, 3.05) is 0 Å². The van der Waals surface area contributed by atoms with E-state index in [-0.39, 0.29) is 0 Å². The Labute approximate surface area is 77.5 Å². The van der Waals surface area contributed by atoms with Gasteiger partial charge in [-0.2, -0.15) is 5.26 Å². The maximum Gasteiger partial charge on any atom is 0.151 e. The third-order valence-corrected chi connectivity index (χ3v) is 2.09. The minimum Gasteiger partial charge on any atom is -0.463 e. The molecule has 2 aromatic rings. The number of halogens is 1. The van der Waals surface area contributed by atoms with Crippen molar-refractivity contribution in [1.29, 1.82) is 5.26 Å². The summed E-state index contributed by atoms with van der Waals surface area (Å²) in [4.78, 5) is 0. The fraction of sp³-hybridized carbons (Fsp3) is 0. The van der Waals surface area contributed by atoms with E-state index in [0.29, 0.717) is 11.1 Å². The largest absolute Gasteiger partial charge is 0.463 e. The van der Waals surface area contributed by atoms with Crippen molar-refractivity contribution in [1.82, 2.24) is 0 Å². The summed E-state index contributed by atoms with van der Waals surface area (Å²) in [5.74, 6) is 0. The summed E-state index contributed by atoms with van der Waals surface area (Å²) in [7, 11) is 0. The molecule has 0 amide bonds. The minimum atomic E-state index is 0.560. The van der Waals surface area contributed by atoms with Gasteiger partial charge in [-0.05, 0) is 18.2 Å². The Morgan fingerprint density at radius 3 is 3.00 bits per heavy atom. The Balaban J connectivity index is 2.91. The summed E-state index contributed by atoms with van der Waals surface area (Å²) in [6, 6.07) is 7.57. The molecular weight excluding hydrogens is 218 g/mol. The molecule has 0 radical (unpaired) electrons. The molecule has 0 atom stereocenters. The second kappa shape index (κ2) is 2.65. The lowest BCUT2D eigenvalue weighted by Gasteiger charge is -1.92. The molecule has 0 aliphatic heterocycles. The topological polar surface area (TPSA) is 36.9 Å². The predicted octanol–water partition coefficient (Wildman–Crippen LogP) is 3.07. The van der Waals surface area contributed by atoms with Gasteiger partial charge >= 0.3 is 0 Å². The number of nitrogens with zero attached hydrogens (tertiary/aromatic N) is 1. The molecule has 1 aromatic carbocycles. The van der Waals surface area contributed by atoms with Crippen molar-refractivity contribution >= 4 is 26.9 Å². The van der Waals surface area contributed by atoms with E-state index in [0.717, 1.165) is 9.86 Å². The molecule has 0 aliphatic carbocycles. The molecule has 3 heteroatoms. The van der Waals surface area contributed by atoms with Crippen LogP contribution in [0.25, 0.3) is 11.0 Å². The average Bonchev–Trinajstić information content (AvgIpc) is 2.50. The van der Waals surface area contributed by atoms with E-state index in [1.807, 2.05) is 12.1 Å². The van der Waals surface area contributed by atoms with E-state index in [1.165, 1.54) is 0 Å². The number of hydrogen-bond donors (Lipinski definition) is 0. The van der Waals surface area contributed by atoms with Crippen molar-refractivity contribution in [3.05, 3.63) is 34.5 Å². The number of hydrogen-bond acceptors (Lipinski definition) is 2. The smallest absolute Gasteiger partial charge is 0.151 e. The Morgan fingerprint density at radius 1 is 1.42 bits per heavy atom. The lowest BCUT2D eigenvalue weighted by Crippen LogP contribution is -1.75. The number of nitriles is 1. The van der Waals surface area contributed by atoms with E-state index in [2.05, 4.69) is 22.0 Å². The monoisotopic (exact) mass is 221 g/mol. The maximum absolute atomic E-state index is 8.75. The Kier molecular flexibility index (Phi) is 1.63. The van der Waals surface area contributed by atoms with Gasteiger partial charge in [0.25, 0.3) is 0 Å². The van der Waals surface area contributed by atoms with E-state index in [9.17, 15) is 0 Å². The second-order valence-corrected chi connectivity index (χ2v) is 3.32. The number of fused-ring (bicyclic) bond motifs is 1. The van der Waals surface area contributed by atoms with Crippen LogP contribution in [0.5, 0.6) is 0 Å². The van der Waals surface area contributed by atoms with Crippen LogP contribution in [0.4, 0.5) is 0 Å². The fourth-order valence-corrected chi connectivity index (χ4v) is 1.60. The highest BCUT2D eigenvalue weighted by atomic mass is 79.9. The molecule has 0 N–H and O–H groups in total. The highest BCUT2D eigenvalue weighted by Crippen LogP contribution is 2.24. The van der Waals surface area contributed by atoms with Gasteiger partial charge in [-0.3, -0.25) is 0 Å². The average molecular weight is 222 g/mol. The van der Waals surface area contributed by atoms with E-state index in [1.54, 1.807) is 12.3 Å². The van der Waals surface area contributed by atoms with Gasteiger partial charge in [-0.15, -0.1) is 0 Å². The predicted molar refractivity (Wildman–Crippen MR) is 48.6 cm³/mol. The Bertz CT molecular complexity index is 467. The van der Waals surface area contributed by atoms with Crippen molar-refractivity contribution in [3.63, 3.8) is 0 Å². The SMILES string of the molecule is N#Cc1cc(Br)cc2ccoc12. The summed E-state index contributed by atoms with van der Waals surface area (Å²) in [5, 5.41) is 9.69. The lowest BCUT2D eigenvalue weighted by molar-refractivity contribution is 0.615. The molecule has 0 unspecified atom stereocenters. The Hall–Kier alpha value is -1.27. The van der Waals surface area contributed by atoms with Crippen LogP contribution in [-0.4, -0.2) is 0 Å². The van der Waals surface area contributed by atoms with Gasteiger partial charge in [0.15, 0.2) is 5.58 Å². The van der Waals surface area contributed by atoms with Crippen LogP contribution in [0.3, 0.4) is 0 Å². The zero-order valence-electron chi connectivity index (χ0n) is 6.04. The molecule has 0 spiro atoms. The molecule has 0 fully saturated rings. The van der Waals surface area contributed by atoms with Crippen LogP contribution in [0.15, 0.2) is 33.4 Å². The van der Waals surface area contributed by atoms with E-state index >= 15 is 0 Å². The zero-order valence-corrected chi connectivity index (χ0v) is 7.63. The van der Waals surface area contributed by atoms with Crippen LogP contribution in [0.2, 0.25) is 0 Å². The molecule has 1 aromatic heterocycles. The molecule has 12 heavy (non-hydrogen) atoms. The van der Waals surface area contributed by atoms with Crippen LogP contribution in [0.1, 0.15) is 5.56 Å². The third-order valence-electron chi connectivity index (χ3n) is 1.64. The van der Waals surface area contributed by atoms with Crippen LogP contribution >= 0.6 is 15.9 Å². The van der Waals surface area contributed by atoms with E-state index in [4.69, 9.17) is 9.68 Å². The Morgan fingerprint density at radius 2 is 2.25 bits per heavy atom. The van der Waals surface area contributed by atoms with Gasteiger partial charge < -0.3 is 4.42 Å². The summed E-state index contributed by atoms with van der Waals surface area (Å²) in [5.41, 5.74) is 1.21. The van der Waals surface area contributed by atoms with Gasteiger partial charge in [-0.1, -0.05) is 15.9 Å². The standard InChI is InChI=1S/C9H4BrNO/c10-8-3-6-1-2-12-9(6)7(4-8)5-11/h1-4H. The molecule has 0 aliphatic rings. The van der Waals surface area contributed by atoms with Gasteiger partial charge in [0.05, 0.1) is 11.8 Å². The third kappa shape index (κ3) is 1.01. The van der Waals surface area contributed by atoms with Crippen molar-refractivity contribution in [2.24, 2.45) is 0 Å². The van der Waals surface area contributed by atoms with Gasteiger partial charge in [0.1, 0.15) is 6.07 Å². The molecular formula is C9H4BrNO. The first-order valence-corrected chi connectivity index (χ1v) is 4.17. The van der Waals surface area contributed by atoms with Gasteiger partial charge in [0, 0.05) is 9.86 Å². The van der Waals surface area contributed by atoms with E-state index < -0.39 is 0 Å². The normalized spacial score (nSPS) is 10.0. The van der Waals surface area contributed by atoms with Crippen molar-refractivity contribution in [2.45, 2.75) is 0 Å². The molecule has 0 bridgehead atoms. The molecule has 2 rings (SSSR count). The zero-order chi connectivity index (χ0) is 8.55. The fourth-order valence-electron chi connectivity index (χ4n) is 1.13. The van der Waals surface area contributed by atoms with Crippen LogP contribution in [-0.2, 0) is 0 Å². The lowest BCUT2D eigenvalue weighted by atomic mass is 10.2. The molecule has 0 saturated carbocycles. The summed E-state index contributed by atoms with van der Waals surface area (Å²) in [6.07, 6.45) is 1.58. The quantitative estimate of drug-likeness (QED) is 0.686. The van der Waals surface area contributed by atoms with Gasteiger partial charge in [0.2, 0.25) is 0 Å². The van der Waals surface area contributed by atoms with Crippen molar-refractivity contribution < 1.29 is 4.42 Å². The summed E-state index contributed by atoms with van der Waals surface area (Å²) < 4.78 is 6.05. The molecule has 58 valence electrons. The summed E-state index contributed by atoms with van der Waals surface area (Å²) in [6.45, 7) is 0.